The molecule has 170 valence electrons. The number of nitrogens with zero attached hydrogens (tertiary/aromatic N) is 4. The Labute approximate surface area is 188 Å². The van der Waals surface area contributed by atoms with E-state index in [1.165, 1.54) is 44.7 Å². The van der Waals surface area contributed by atoms with Crippen molar-refractivity contribution >= 4 is 22.8 Å². The van der Waals surface area contributed by atoms with Gasteiger partial charge in [-0.15, -0.1) is 0 Å². The molecular formula is C25H32N4O3. The number of methoxy groups -OCH3 is 1. The molecular weight excluding hydrogens is 404 g/mol. The molecule has 1 aliphatic carbocycles. The maximum absolute atomic E-state index is 12.5. The van der Waals surface area contributed by atoms with Gasteiger partial charge in [-0.05, 0) is 51.7 Å². The number of oxazole rings is 1. The third-order valence-electron chi connectivity index (χ3n) is 7.07. The molecule has 1 atom stereocenters. The van der Waals surface area contributed by atoms with Gasteiger partial charge in [-0.1, -0.05) is 19.3 Å². The zero-order valence-corrected chi connectivity index (χ0v) is 19.3. The van der Waals surface area contributed by atoms with E-state index < -0.39 is 0 Å². The van der Waals surface area contributed by atoms with Crippen molar-refractivity contribution in [2.45, 2.75) is 83.7 Å². The molecule has 5 rings (SSSR count). The number of benzene rings is 1. The number of ether oxygens (including phenoxy) is 1. The number of rotatable bonds is 4. The van der Waals surface area contributed by atoms with Gasteiger partial charge in [-0.2, -0.15) is 0 Å². The number of aryl methyl sites for hydroxylation is 4. The number of fused-ring (bicyclic) bond motifs is 3. The molecule has 1 saturated carbocycles. The van der Waals surface area contributed by atoms with Gasteiger partial charge in [0.05, 0.1) is 30.0 Å². The van der Waals surface area contributed by atoms with Crippen LogP contribution in [-0.4, -0.2) is 33.8 Å². The molecule has 32 heavy (non-hydrogen) atoms. The number of carbonyl (C=O) groups excluding carboxylic acids is 1. The minimum atomic E-state index is -0.302. The molecule has 1 aromatic carbocycles. The first-order chi connectivity index (χ1) is 15.6. The Morgan fingerprint density at radius 3 is 2.72 bits per heavy atom. The first-order valence-corrected chi connectivity index (χ1v) is 11.9. The van der Waals surface area contributed by atoms with E-state index in [9.17, 15) is 4.79 Å². The first kappa shape index (κ1) is 21.0. The Morgan fingerprint density at radius 2 is 2.00 bits per heavy atom. The van der Waals surface area contributed by atoms with Crippen LogP contribution in [0.3, 0.4) is 0 Å². The van der Waals surface area contributed by atoms with Crippen molar-refractivity contribution in [1.82, 2.24) is 14.5 Å². The van der Waals surface area contributed by atoms with Crippen LogP contribution in [0, 0.1) is 6.92 Å². The third kappa shape index (κ3) is 3.67. The van der Waals surface area contributed by atoms with E-state index >= 15 is 0 Å². The molecule has 1 amide bonds. The number of imidazole rings is 1. The monoisotopic (exact) mass is 436 g/mol. The number of aromatic nitrogens is 3. The van der Waals surface area contributed by atoms with Gasteiger partial charge in [0, 0.05) is 30.5 Å². The van der Waals surface area contributed by atoms with E-state index in [0.717, 1.165) is 59.9 Å². The van der Waals surface area contributed by atoms with Crippen LogP contribution in [0.4, 0.5) is 10.5 Å². The number of anilines is 1. The molecule has 0 unspecified atom stereocenters. The topological polar surface area (TPSA) is 73.4 Å². The van der Waals surface area contributed by atoms with Crippen molar-refractivity contribution in [3.8, 4) is 0 Å². The molecule has 1 aliphatic heterocycles. The lowest BCUT2D eigenvalue weighted by Gasteiger charge is -2.34. The summed E-state index contributed by atoms with van der Waals surface area (Å²) >= 11 is 0. The highest BCUT2D eigenvalue weighted by atomic mass is 16.5. The summed E-state index contributed by atoms with van der Waals surface area (Å²) in [5, 5.41) is 0. The van der Waals surface area contributed by atoms with Crippen molar-refractivity contribution < 1.29 is 13.9 Å². The van der Waals surface area contributed by atoms with E-state index in [0.29, 0.717) is 6.04 Å². The Hall–Kier alpha value is -2.83. The summed E-state index contributed by atoms with van der Waals surface area (Å²) in [5.74, 6) is 2.70. The standard InChI is InChI=1S/C25H32N4O3/c1-16-9-10-19-20(28(16)25(30)31-3)11-12-21-24(19)27-22(13-14-23-26-15-17(2)32-23)29(21)18-7-5-4-6-8-18/h11-12,15-16,18H,4-10,13-14H2,1-3H3/t16-/m0/s1. The predicted molar refractivity (Wildman–Crippen MR) is 123 cm³/mol. The van der Waals surface area contributed by atoms with Gasteiger partial charge in [0.15, 0.2) is 5.89 Å². The molecule has 0 N–H and O–H groups in total. The van der Waals surface area contributed by atoms with Crippen LogP contribution in [-0.2, 0) is 24.0 Å². The Morgan fingerprint density at radius 1 is 1.19 bits per heavy atom. The highest BCUT2D eigenvalue weighted by Gasteiger charge is 2.32. The van der Waals surface area contributed by atoms with Gasteiger partial charge >= 0.3 is 6.09 Å². The SMILES string of the molecule is COC(=O)N1c2ccc3c(nc(CCc4ncc(C)o4)n3C3CCCCC3)c2CC[C@@H]1C. The molecule has 3 aromatic rings. The quantitative estimate of drug-likeness (QED) is 0.538. The van der Waals surface area contributed by atoms with Gasteiger partial charge in [0.1, 0.15) is 11.6 Å². The Bertz CT molecular complexity index is 1130. The smallest absolute Gasteiger partial charge is 0.414 e. The minimum absolute atomic E-state index is 0.112. The fraction of sp³-hybridized carbons (Fsp3) is 0.560. The summed E-state index contributed by atoms with van der Waals surface area (Å²) in [6.45, 7) is 4.00. The molecule has 1 fully saturated rings. The van der Waals surface area contributed by atoms with Crippen LogP contribution in [0.25, 0.3) is 11.0 Å². The zero-order valence-electron chi connectivity index (χ0n) is 19.3. The van der Waals surface area contributed by atoms with Gasteiger partial charge < -0.3 is 13.7 Å². The van der Waals surface area contributed by atoms with Crippen molar-refractivity contribution in [2.24, 2.45) is 0 Å². The molecule has 0 spiro atoms. The van der Waals surface area contributed by atoms with Crippen molar-refractivity contribution in [1.29, 1.82) is 0 Å². The predicted octanol–water partition coefficient (Wildman–Crippen LogP) is 5.53. The largest absolute Gasteiger partial charge is 0.452 e. The second kappa shape index (κ2) is 8.60. The van der Waals surface area contributed by atoms with Crippen LogP contribution >= 0.6 is 0 Å². The second-order valence-electron chi connectivity index (χ2n) is 9.21. The minimum Gasteiger partial charge on any atom is -0.452 e. The molecule has 2 aliphatic rings. The fourth-order valence-electron chi connectivity index (χ4n) is 5.48. The Kier molecular flexibility index (Phi) is 5.66. The molecule has 0 saturated heterocycles. The summed E-state index contributed by atoms with van der Waals surface area (Å²) in [4.78, 5) is 23.9. The van der Waals surface area contributed by atoms with Gasteiger partial charge in [-0.3, -0.25) is 4.90 Å². The van der Waals surface area contributed by atoms with Crippen molar-refractivity contribution in [3.05, 3.63) is 41.4 Å². The maximum Gasteiger partial charge on any atom is 0.414 e. The first-order valence-electron chi connectivity index (χ1n) is 11.9. The summed E-state index contributed by atoms with van der Waals surface area (Å²) in [5.41, 5.74) is 4.32. The average Bonchev–Trinajstić information content (AvgIpc) is 3.40. The maximum atomic E-state index is 12.5. The van der Waals surface area contributed by atoms with E-state index in [4.69, 9.17) is 14.1 Å². The number of hydrogen-bond acceptors (Lipinski definition) is 5. The van der Waals surface area contributed by atoms with Gasteiger partial charge in [0.2, 0.25) is 0 Å². The highest BCUT2D eigenvalue weighted by Crippen LogP contribution is 2.39. The van der Waals surface area contributed by atoms with Crippen LogP contribution in [0.15, 0.2) is 22.7 Å². The van der Waals surface area contributed by atoms with Gasteiger partial charge in [0.25, 0.3) is 0 Å². The van der Waals surface area contributed by atoms with Crippen LogP contribution in [0.1, 0.15) is 74.5 Å². The summed E-state index contributed by atoms with van der Waals surface area (Å²) in [6, 6.07) is 4.84. The molecule has 2 aromatic heterocycles. The van der Waals surface area contributed by atoms with Gasteiger partial charge in [-0.25, -0.2) is 14.8 Å². The molecule has 0 radical (unpaired) electrons. The lowest BCUT2D eigenvalue weighted by molar-refractivity contribution is 0.175. The van der Waals surface area contributed by atoms with Crippen LogP contribution in [0.2, 0.25) is 0 Å². The summed E-state index contributed by atoms with van der Waals surface area (Å²) in [7, 11) is 1.45. The molecule has 0 bridgehead atoms. The second-order valence-corrected chi connectivity index (χ2v) is 9.21. The lowest BCUT2D eigenvalue weighted by Crippen LogP contribution is -2.42. The van der Waals surface area contributed by atoms with E-state index in [1.807, 2.05) is 6.92 Å². The average molecular weight is 437 g/mol. The number of hydrogen-bond donors (Lipinski definition) is 0. The molecule has 3 heterocycles. The summed E-state index contributed by atoms with van der Waals surface area (Å²) in [6.07, 6.45) is 11.1. The highest BCUT2D eigenvalue weighted by molar-refractivity contribution is 5.95. The third-order valence-corrected chi connectivity index (χ3v) is 7.07. The van der Waals surface area contributed by atoms with E-state index in [-0.39, 0.29) is 12.1 Å². The molecule has 7 heteroatoms. The number of carbonyl (C=O) groups is 1. The normalized spacial score (nSPS) is 19.3. The summed E-state index contributed by atoms with van der Waals surface area (Å²) < 4.78 is 13.3. The Balaban J connectivity index is 1.59. The zero-order chi connectivity index (χ0) is 22.2. The number of amides is 1. The van der Waals surface area contributed by atoms with Crippen LogP contribution in [0.5, 0.6) is 0 Å². The lowest BCUT2D eigenvalue weighted by atomic mass is 9.94. The van der Waals surface area contributed by atoms with E-state index in [2.05, 4.69) is 28.6 Å². The van der Waals surface area contributed by atoms with Crippen molar-refractivity contribution in [2.75, 3.05) is 12.0 Å². The van der Waals surface area contributed by atoms with Crippen molar-refractivity contribution in [3.63, 3.8) is 0 Å². The fourth-order valence-corrected chi connectivity index (χ4v) is 5.48. The molecule has 7 nitrogen and oxygen atoms in total. The van der Waals surface area contributed by atoms with E-state index in [1.54, 1.807) is 11.1 Å². The van der Waals surface area contributed by atoms with Crippen LogP contribution < -0.4 is 4.90 Å².